The molecule has 0 bridgehead atoms. The summed E-state index contributed by atoms with van der Waals surface area (Å²) in [6.07, 6.45) is 6.90. The molecule has 0 aromatic carbocycles. The van der Waals surface area contributed by atoms with Crippen molar-refractivity contribution < 1.29 is 0 Å². The van der Waals surface area contributed by atoms with Gasteiger partial charge in [0.05, 0.1) is 0 Å². The zero-order chi connectivity index (χ0) is 15.1. The van der Waals surface area contributed by atoms with Crippen molar-refractivity contribution in [1.29, 1.82) is 0 Å². The zero-order valence-corrected chi connectivity index (χ0v) is 14.8. The number of rotatable bonds is 8. The summed E-state index contributed by atoms with van der Waals surface area (Å²) in [5.74, 6) is 0.729. The largest absolute Gasteiger partial charge is 0.312 e. The molecule has 3 heteroatoms. The third-order valence-electron chi connectivity index (χ3n) is 4.30. The molecule has 1 saturated heterocycles. The van der Waals surface area contributed by atoms with Crippen LogP contribution in [0.1, 0.15) is 62.6 Å². The quantitative estimate of drug-likeness (QED) is 0.752. The fraction of sp³-hybridized carbons (Fsp3) is 0.778. The Bertz CT molecular complexity index is 398. The first kappa shape index (κ1) is 17.0. The van der Waals surface area contributed by atoms with Gasteiger partial charge in [-0.3, -0.25) is 4.90 Å². The topological polar surface area (TPSA) is 15.3 Å². The predicted octanol–water partition coefficient (Wildman–Crippen LogP) is 4.65. The van der Waals surface area contributed by atoms with Crippen molar-refractivity contribution in [3.05, 3.63) is 21.9 Å². The molecule has 1 atom stereocenters. The van der Waals surface area contributed by atoms with E-state index >= 15 is 0 Å². The molecule has 2 heterocycles. The van der Waals surface area contributed by atoms with Gasteiger partial charge in [-0.2, -0.15) is 0 Å². The lowest BCUT2D eigenvalue weighted by Gasteiger charge is -2.35. The Kier molecular flexibility index (Phi) is 7.21. The maximum Gasteiger partial charge on any atom is 0.0330 e. The molecular weight excluding hydrogens is 276 g/mol. The first-order chi connectivity index (χ1) is 10.2. The zero-order valence-electron chi connectivity index (χ0n) is 14.0. The molecule has 0 spiro atoms. The van der Waals surface area contributed by atoms with Crippen LogP contribution in [-0.2, 0) is 13.1 Å². The third-order valence-corrected chi connectivity index (χ3v) is 5.37. The maximum absolute atomic E-state index is 3.54. The standard InChI is InChI=1S/C18H32N2S/c1-4-7-16-8-5-6-11-20(16)14-18-10-9-17(21-18)13-19-12-15(2)3/h9-10,15-16,19H,4-8,11-14H2,1-3H3. The number of likely N-dealkylation sites (tertiary alicyclic amines) is 1. The van der Waals surface area contributed by atoms with Crippen LogP contribution in [0.25, 0.3) is 0 Å². The van der Waals surface area contributed by atoms with Crippen molar-refractivity contribution in [1.82, 2.24) is 10.2 Å². The summed E-state index contributed by atoms with van der Waals surface area (Å²) in [7, 11) is 0. The molecule has 1 unspecified atom stereocenters. The Morgan fingerprint density at radius 1 is 1.29 bits per heavy atom. The average Bonchev–Trinajstić information content (AvgIpc) is 2.88. The highest BCUT2D eigenvalue weighted by Crippen LogP contribution is 2.25. The van der Waals surface area contributed by atoms with E-state index in [0.29, 0.717) is 0 Å². The molecule has 0 saturated carbocycles. The minimum absolute atomic E-state index is 0.729. The van der Waals surface area contributed by atoms with Crippen molar-refractivity contribution in [3.8, 4) is 0 Å². The van der Waals surface area contributed by atoms with E-state index < -0.39 is 0 Å². The first-order valence-corrected chi connectivity index (χ1v) is 9.53. The second-order valence-corrected chi connectivity index (χ2v) is 8.05. The number of hydrogen-bond acceptors (Lipinski definition) is 3. The van der Waals surface area contributed by atoms with E-state index in [9.17, 15) is 0 Å². The van der Waals surface area contributed by atoms with Crippen LogP contribution in [0.15, 0.2) is 12.1 Å². The minimum Gasteiger partial charge on any atom is -0.312 e. The minimum atomic E-state index is 0.729. The highest BCUT2D eigenvalue weighted by Gasteiger charge is 2.21. The van der Waals surface area contributed by atoms with Gasteiger partial charge in [0.1, 0.15) is 0 Å². The SMILES string of the molecule is CCCC1CCCCN1Cc1ccc(CNCC(C)C)s1. The molecule has 1 aromatic heterocycles. The third kappa shape index (κ3) is 5.72. The van der Waals surface area contributed by atoms with Crippen LogP contribution in [-0.4, -0.2) is 24.0 Å². The van der Waals surface area contributed by atoms with Gasteiger partial charge >= 0.3 is 0 Å². The first-order valence-electron chi connectivity index (χ1n) is 8.71. The summed E-state index contributed by atoms with van der Waals surface area (Å²) in [4.78, 5) is 5.75. The van der Waals surface area contributed by atoms with Gasteiger partial charge in [-0.1, -0.05) is 33.6 Å². The average molecular weight is 309 g/mol. The van der Waals surface area contributed by atoms with E-state index in [0.717, 1.165) is 25.0 Å². The van der Waals surface area contributed by atoms with Gasteiger partial charge < -0.3 is 5.32 Å². The van der Waals surface area contributed by atoms with Gasteiger partial charge in [-0.05, 0) is 50.4 Å². The molecule has 1 aromatic rings. The second-order valence-electron chi connectivity index (χ2n) is 6.80. The van der Waals surface area contributed by atoms with Crippen LogP contribution in [0.2, 0.25) is 0 Å². The highest BCUT2D eigenvalue weighted by molar-refractivity contribution is 7.11. The normalized spacial score (nSPS) is 20.3. The summed E-state index contributed by atoms with van der Waals surface area (Å²) < 4.78 is 0. The molecule has 0 amide bonds. The Labute approximate surface area is 134 Å². The molecular formula is C18H32N2S. The Hall–Kier alpha value is -0.380. The molecule has 0 radical (unpaired) electrons. The van der Waals surface area contributed by atoms with Crippen molar-refractivity contribution in [2.24, 2.45) is 5.92 Å². The molecule has 21 heavy (non-hydrogen) atoms. The van der Waals surface area contributed by atoms with Gasteiger partial charge in [0.25, 0.3) is 0 Å². The molecule has 1 aliphatic heterocycles. The molecule has 1 N–H and O–H groups in total. The van der Waals surface area contributed by atoms with E-state index in [1.807, 2.05) is 11.3 Å². The highest BCUT2D eigenvalue weighted by atomic mass is 32.1. The van der Waals surface area contributed by atoms with E-state index in [1.165, 1.54) is 50.1 Å². The molecule has 120 valence electrons. The van der Waals surface area contributed by atoms with Crippen molar-refractivity contribution >= 4 is 11.3 Å². The van der Waals surface area contributed by atoms with E-state index in [4.69, 9.17) is 0 Å². The lowest BCUT2D eigenvalue weighted by molar-refractivity contribution is 0.133. The van der Waals surface area contributed by atoms with Crippen LogP contribution in [0.5, 0.6) is 0 Å². The molecule has 0 aliphatic carbocycles. The smallest absolute Gasteiger partial charge is 0.0330 e. The number of piperidine rings is 1. The fourth-order valence-electron chi connectivity index (χ4n) is 3.21. The van der Waals surface area contributed by atoms with Gasteiger partial charge in [0.15, 0.2) is 0 Å². The monoisotopic (exact) mass is 308 g/mol. The molecule has 1 aliphatic rings. The Balaban J connectivity index is 1.83. The van der Waals surface area contributed by atoms with Crippen LogP contribution in [0, 0.1) is 5.92 Å². The van der Waals surface area contributed by atoms with Crippen molar-refractivity contribution in [3.63, 3.8) is 0 Å². The molecule has 2 nitrogen and oxygen atoms in total. The van der Waals surface area contributed by atoms with Crippen LogP contribution in [0.4, 0.5) is 0 Å². The van der Waals surface area contributed by atoms with Gasteiger partial charge in [-0.15, -0.1) is 11.3 Å². The Morgan fingerprint density at radius 2 is 2.10 bits per heavy atom. The summed E-state index contributed by atoms with van der Waals surface area (Å²) in [5.41, 5.74) is 0. The lowest BCUT2D eigenvalue weighted by Crippen LogP contribution is -2.38. The van der Waals surface area contributed by atoms with Crippen molar-refractivity contribution in [2.45, 2.75) is 72.0 Å². The molecule has 2 rings (SSSR count). The van der Waals surface area contributed by atoms with Crippen LogP contribution < -0.4 is 5.32 Å². The predicted molar refractivity (Wildman–Crippen MR) is 93.8 cm³/mol. The van der Waals surface area contributed by atoms with E-state index in [1.54, 1.807) is 4.88 Å². The number of nitrogens with zero attached hydrogens (tertiary/aromatic N) is 1. The number of nitrogens with one attached hydrogen (secondary N) is 1. The van der Waals surface area contributed by atoms with Gasteiger partial charge in [0, 0.05) is 28.9 Å². The van der Waals surface area contributed by atoms with Crippen LogP contribution >= 0.6 is 11.3 Å². The van der Waals surface area contributed by atoms with E-state index in [-0.39, 0.29) is 0 Å². The van der Waals surface area contributed by atoms with Gasteiger partial charge in [-0.25, -0.2) is 0 Å². The fourth-order valence-corrected chi connectivity index (χ4v) is 4.23. The summed E-state index contributed by atoms with van der Waals surface area (Å²) in [6, 6.07) is 5.48. The summed E-state index contributed by atoms with van der Waals surface area (Å²) in [5, 5.41) is 3.54. The second kappa shape index (κ2) is 8.92. The maximum atomic E-state index is 3.54. The summed E-state index contributed by atoms with van der Waals surface area (Å²) >= 11 is 1.99. The summed E-state index contributed by atoms with van der Waals surface area (Å²) in [6.45, 7) is 11.4. The van der Waals surface area contributed by atoms with Gasteiger partial charge in [0.2, 0.25) is 0 Å². The molecule has 1 fully saturated rings. The lowest BCUT2D eigenvalue weighted by atomic mass is 9.98. The van der Waals surface area contributed by atoms with Crippen molar-refractivity contribution in [2.75, 3.05) is 13.1 Å². The van der Waals surface area contributed by atoms with E-state index in [2.05, 4.69) is 43.1 Å². The Morgan fingerprint density at radius 3 is 2.86 bits per heavy atom. The number of hydrogen-bond donors (Lipinski definition) is 1. The van der Waals surface area contributed by atoms with Crippen LogP contribution in [0.3, 0.4) is 0 Å². The number of thiophene rings is 1.